The molecule has 1 aromatic carbocycles. The smallest absolute Gasteiger partial charge is 0.320 e. The van der Waals surface area contributed by atoms with Crippen LogP contribution in [0.15, 0.2) is 35.5 Å². The minimum absolute atomic E-state index is 0.0341. The Morgan fingerprint density at radius 1 is 1.44 bits per heavy atom. The fourth-order valence-electron chi connectivity index (χ4n) is 1.38. The van der Waals surface area contributed by atoms with Crippen LogP contribution in [-0.2, 0) is 0 Å². The summed E-state index contributed by atoms with van der Waals surface area (Å²) in [5.41, 5.74) is 5.35. The monoisotopic (exact) mass is 250 g/mol. The lowest BCUT2D eigenvalue weighted by Crippen LogP contribution is -2.56. The molecule has 0 aliphatic rings. The largest absolute Gasteiger partial charge is 0.409 e. The molecule has 5 N–H and O–H groups in total. The maximum atomic E-state index is 11.8. The number of amidine groups is 1. The van der Waals surface area contributed by atoms with Crippen molar-refractivity contribution in [2.75, 3.05) is 5.32 Å². The third-order valence-electron chi connectivity index (χ3n) is 2.80. The number of carbonyl (C=O) groups excluding carboxylic acids is 1. The Labute approximate surface area is 106 Å². The van der Waals surface area contributed by atoms with E-state index < -0.39 is 11.6 Å². The van der Waals surface area contributed by atoms with Crippen LogP contribution in [0.2, 0.25) is 0 Å². The fraction of sp³-hybridized carbons (Fsp3) is 0.333. The van der Waals surface area contributed by atoms with Gasteiger partial charge in [-0.3, -0.25) is 0 Å². The molecule has 0 radical (unpaired) electrons. The molecule has 6 nitrogen and oxygen atoms in total. The van der Waals surface area contributed by atoms with Gasteiger partial charge in [0.05, 0.1) is 5.54 Å². The van der Waals surface area contributed by atoms with Crippen molar-refractivity contribution in [3.05, 3.63) is 30.3 Å². The van der Waals surface area contributed by atoms with Crippen molar-refractivity contribution in [3.63, 3.8) is 0 Å². The van der Waals surface area contributed by atoms with Gasteiger partial charge in [-0.1, -0.05) is 30.3 Å². The molecule has 6 heteroatoms. The van der Waals surface area contributed by atoms with Gasteiger partial charge < -0.3 is 21.6 Å². The Kier molecular flexibility index (Phi) is 4.53. The molecule has 2 amide bonds. The number of nitrogens with one attached hydrogen (secondary N) is 2. The number of hydrogen-bond donors (Lipinski definition) is 4. The predicted octanol–water partition coefficient (Wildman–Crippen LogP) is 1.72. The molecule has 0 saturated heterocycles. The van der Waals surface area contributed by atoms with Crippen LogP contribution in [0, 0.1) is 0 Å². The van der Waals surface area contributed by atoms with Gasteiger partial charge in [-0.15, -0.1) is 0 Å². The summed E-state index contributed by atoms with van der Waals surface area (Å²) in [4.78, 5) is 11.8. The van der Waals surface area contributed by atoms with Crippen molar-refractivity contribution in [2.24, 2.45) is 10.9 Å². The van der Waals surface area contributed by atoms with Gasteiger partial charge in [-0.2, -0.15) is 0 Å². The number of rotatable bonds is 4. The van der Waals surface area contributed by atoms with Gasteiger partial charge in [0.2, 0.25) is 0 Å². The van der Waals surface area contributed by atoms with E-state index in [1.807, 2.05) is 25.1 Å². The van der Waals surface area contributed by atoms with Crippen LogP contribution < -0.4 is 16.4 Å². The SMILES string of the molecule is CCC(C)(NC(=O)Nc1ccccc1)/C(N)=N/O. The second-order valence-electron chi connectivity index (χ2n) is 4.12. The van der Waals surface area contributed by atoms with E-state index >= 15 is 0 Å². The first-order valence-electron chi connectivity index (χ1n) is 5.64. The third-order valence-corrected chi connectivity index (χ3v) is 2.80. The molecule has 1 aromatic rings. The standard InChI is InChI=1S/C12H18N4O2/c1-3-12(2,10(13)16-18)15-11(17)14-9-7-5-4-6-8-9/h4-8,18H,3H2,1-2H3,(H2,13,16)(H2,14,15,17). The van der Waals surface area contributed by atoms with Crippen LogP contribution in [0.5, 0.6) is 0 Å². The van der Waals surface area contributed by atoms with E-state index in [0.29, 0.717) is 12.1 Å². The van der Waals surface area contributed by atoms with Gasteiger partial charge in [0.25, 0.3) is 0 Å². The minimum atomic E-state index is -0.881. The first-order chi connectivity index (χ1) is 8.51. The van der Waals surface area contributed by atoms with E-state index in [4.69, 9.17) is 10.9 Å². The Hall–Kier alpha value is -2.24. The van der Waals surface area contributed by atoms with Crippen LogP contribution in [0.4, 0.5) is 10.5 Å². The molecule has 1 atom stereocenters. The number of nitrogens with two attached hydrogens (primary N) is 1. The molecule has 1 rings (SSSR count). The molecule has 0 aliphatic carbocycles. The van der Waals surface area contributed by atoms with Crippen LogP contribution in [-0.4, -0.2) is 22.6 Å². The summed E-state index contributed by atoms with van der Waals surface area (Å²) in [6.07, 6.45) is 0.505. The number of para-hydroxylation sites is 1. The highest BCUT2D eigenvalue weighted by molar-refractivity contribution is 5.97. The summed E-state index contributed by atoms with van der Waals surface area (Å²) >= 11 is 0. The van der Waals surface area contributed by atoms with Crippen LogP contribution in [0.1, 0.15) is 20.3 Å². The number of oxime groups is 1. The van der Waals surface area contributed by atoms with Gasteiger partial charge in [0, 0.05) is 5.69 Å². The molecule has 98 valence electrons. The highest BCUT2D eigenvalue weighted by atomic mass is 16.4. The lowest BCUT2D eigenvalue weighted by molar-refractivity contribution is 0.244. The van der Waals surface area contributed by atoms with Crippen molar-refractivity contribution in [1.82, 2.24) is 5.32 Å². The number of urea groups is 1. The Morgan fingerprint density at radius 2 is 2.06 bits per heavy atom. The molecule has 0 spiro atoms. The molecule has 0 saturated carbocycles. The van der Waals surface area contributed by atoms with E-state index in [1.54, 1.807) is 19.1 Å². The highest BCUT2D eigenvalue weighted by Crippen LogP contribution is 2.11. The molecular formula is C12H18N4O2. The van der Waals surface area contributed by atoms with E-state index in [1.165, 1.54) is 0 Å². The quantitative estimate of drug-likeness (QED) is 0.283. The topological polar surface area (TPSA) is 99.7 Å². The Morgan fingerprint density at radius 3 is 2.56 bits per heavy atom. The summed E-state index contributed by atoms with van der Waals surface area (Å²) in [6.45, 7) is 3.52. The zero-order chi connectivity index (χ0) is 13.6. The van der Waals surface area contributed by atoms with Crippen molar-refractivity contribution in [1.29, 1.82) is 0 Å². The Balaban J connectivity index is 2.69. The molecule has 0 aliphatic heterocycles. The van der Waals surface area contributed by atoms with Gasteiger partial charge in [-0.25, -0.2) is 4.79 Å². The molecule has 0 bridgehead atoms. The molecule has 1 unspecified atom stereocenters. The van der Waals surface area contributed by atoms with Crippen LogP contribution >= 0.6 is 0 Å². The van der Waals surface area contributed by atoms with Crippen molar-refractivity contribution in [3.8, 4) is 0 Å². The first-order valence-corrected chi connectivity index (χ1v) is 5.64. The second kappa shape index (κ2) is 5.90. The predicted molar refractivity (Wildman–Crippen MR) is 70.7 cm³/mol. The van der Waals surface area contributed by atoms with Crippen molar-refractivity contribution >= 4 is 17.6 Å². The zero-order valence-corrected chi connectivity index (χ0v) is 10.5. The zero-order valence-electron chi connectivity index (χ0n) is 10.5. The van der Waals surface area contributed by atoms with E-state index in [9.17, 15) is 4.79 Å². The lowest BCUT2D eigenvalue weighted by atomic mass is 9.98. The number of amides is 2. The Bertz CT molecular complexity index is 433. The molecular weight excluding hydrogens is 232 g/mol. The molecule has 0 aromatic heterocycles. The van der Waals surface area contributed by atoms with Gasteiger partial charge in [0.1, 0.15) is 0 Å². The highest BCUT2D eigenvalue weighted by Gasteiger charge is 2.29. The number of benzene rings is 1. The lowest BCUT2D eigenvalue weighted by Gasteiger charge is -2.27. The van der Waals surface area contributed by atoms with Crippen molar-refractivity contribution in [2.45, 2.75) is 25.8 Å². The van der Waals surface area contributed by atoms with Crippen LogP contribution in [0.3, 0.4) is 0 Å². The molecule has 0 fully saturated rings. The average molecular weight is 250 g/mol. The summed E-state index contributed by atoms with van der Waals surface area (Å²) < 4.78 is 0. The average Bonchev–Trinajstić information content (AvgIpc) is 2.38. The van der Waals surface area contributed by atoms with E-state index in [0.717, 1.165) is 0 Å². The maximum absolute atomic E-state index is 11.8. The van der Waals surface area contributed by atoms with Crippen molar-refractivity contribution < 1.29 is 10.0 Å². The van der Waals surface area contributed by atoms with Crippen LogP contribution in [0.25, 0.3) is 0 Å². The normalized spacial score (nSPS) is 14.7. The summed E-state index contributed by atoms with van der Waals surface area (Å²) in [7, 11) is 0. The van der Waals surface area contributed by atoms with E-state index in [-0.39, 0.29) is 5.84 Å². The van der Waals surface area contributed by atoms with Gasteiger partial charge >= 0.3 is 6.03 Å². The summed E-state index contributed by atoms with van der Waals surface area (Å²) in [5.74, 6) is -0.0341. The van der Waals surface area contributed by atoms with E-state index in [2.05, 4.69) is 15.8 Å². The third kappa shape index (κ3) is 3.38. The number of anilines is 1. The second-order valence-corrected chi connectivity index (χ2v) is 4.12. The number of hydrogen-bond acceptors (Lipinski definition) is 3. The van der Waals surface area contributed by atoms with Gasteiger partial charge in [-0.05, 0) is 25.5 Å². The van der Waals surface area contributed by atoms with Gasteiger partial charge in [0.15, 0.2) is 5.84 Å². The molecule has 0 heterocycles. The number of nitrogens with zero attached hydrogens (tertiary/aromatic N) is 1. The number of carbonyl (C=O) groups is 1. The first kappa shape index (κ1) is 13.8. The minimum Gasteiger partial charge on any atom is -0.409 e. The summed E-state index contributed by atoms with van der Waals surface area (Å²) in [6, 6.07) is 8.63. The molecule has 18 heavy (non-hydrogen) atoms. The fourth-order valence-corrected chi connectivity index (χ4v) is 1.38. The summed E-state index contributed by atoms with van der Waals surface area (Å²) in [5, 5.41) is 17.0. The maximum Gasteiger partial charge on any atom is 0.320 e.